The summed E-state index contributed by atoms with van der Waals surface area (Å²) in [6.07, 6.45) is 4.65. The number of nitrogens with zero attached hydrogens (tertiary/aromatic N) is 3. The predicted octanol–water partition coefficient (Wildman–Crippen LogP) is 3.69. The topological polar surface area (TPSA) is 263 Å². The number of aliphatic carboxylic acids is 3. The Morgan fingerprint density at radius 2 is 1.10 bits per heavy atom. The lowest BCUT2D eigenvalue weighted by atomic mass is 9.84. The van der Waals surface area contributed by atoms with E-state index in [-0.39, 0.29) is 84.1 Å². The Balaban J connectivity index is 0.00000106. The van der Waals surface area contributed by atoms with Gasteiger partial charge in [-0.2, -0.15) is 0 Å². The molecule has 1 unspecified atom stereocenters. The number of carbonyl (C=O) groups is 5. The number of rotatable bonds is 37. The van der Waals surface area contributed by atoms with Gasteiger partial charge < -0.3 is 62.7 Å². The van der Waals surface area contributed by atoms with Crippen molar-refractivity contribution in [2.75, 3.05) is 112 Å². The first-order valence-corrected chi connectivity index (χ1v) is 21.5. The van der Waals surface area contributed by atoms with Crippen molar-refractivity contribution >= 4 is 30.0 Å². The average molecular weight is 908 g/mol. The highest BCUT2D eigenvalue weighted by Crippen LogP contribution is 2.27. The van der Waals surface area contributed by atoms with Gasteiger partial charge >= 0.3 is 17.9 Å². The van der Waals surface area contributed by atoms with E-state index in [0.29, 0.717) is 75.3 Å². The summed E-state index contributed by atoms with van der Waals surface area (Å²) in [6.45, 7) is 19.6. The fourth-order valence-electron chi connectivity index (χ4n) is 4.83. The summed E-state index contributed by atoms with van der Waals surface area (Å²) < 4.78 is 49.4. The number of carboxylic acid groups (broad SMARTS) is 3. The molecule has 1 fully saturated rings. The molecule has 0 aromatic carbocycles. The van der Waals surface area contributed by atoms with Crippen molar-refractivity contribution in [3.8, 4) is 0 Å². The maximum Gasteiger partial charge on any atom is 0.305 e. The van der Waals surface area contributed by atoms with Crippen molar-refractivity contribution in [2.45, 2.75) is 99.0 Å². The van der Waals surface area contributed by atoms with Crippen LogP contribution in [0.4, 0.5) is 0 Å². The SMILES string of the molecule is CC(C)(C)CCOCCOCC=O.CC(C)(C)CCOCCOCCOCC1CO1.Cn1cc(CCC(=O)CC(COCCC(=O)O)(COCCC(=O)O)COCCC(=O)O)nn1. The van der Waals surface area contributed by atoms with Crippen LogP contribution in [0.3, 0.4) is 0 Å². The minimum absolute atomic E-state index is 0.0551. The van der Waals surface area contributed by atoms with Gasteiger partial charge in [0.25, 0.3) is 0 Å². The van der Waals surface area contributed by atoms with E-state index in [9.17, 15) is 24.0 Å². The van der Waals surface area contributed by atoms with Crippen molar-refractivity contribution in [3.05, 3.63) is 11.9 Å². The molecule has 2 heterocycles. The molecule has 0 bridgehead atoms. The molecule has 1 atom stereocenters. The number of Topliss-reactive ketones (excluding diaryl/α,β-unsaturated/α-hetero) is 1. The summed E-state index contributed by atoms with van der Waals surface area (Å²) in [4.78, 5) is 54.9. The molecular weight excluding hydrogens is 830 g/mol. The Morgan fingerprint density at radius 3 is 1.48 bits per heavy atom. The Bertz CT molecular complexity index is 1300. The van der Waals surface area contributed by atoms with Crippen LogP contribution in [0.2, 0.25) is 0 Å². The minimum Gasteiger partial charge on any atom is -0.481 e. The number of epoxide rings is 1. The molecule has 2 rings (SSSR count). The number of hydrogen-bond acceptors (Lipinski definition) is 16. The molecule has 0 radical (unpaired) electrons. The Labute approximate surface area is 372 Å². The molecule has 20 nitrogen and oxygen atoms in total. The summed E-state index contributed by atoms with van der Waals surface area (Å²) >= 11 is 0. The maximum atomic E-state index is 12.8. The molecule has 1 aromatic rings. The number of aromatic nitrogens is 3. The zero-order valence-corrected chi connectivity index (χ0v) is 38.8. The lowest BCUT2D eigenvalue weighted by Crippen LogP contribution is -2.40. The number of hydrogen-bond donors (Lipinski definition) is 3. The Hall–Kier alpha value is -3.47. The van der Waals surface area contributed by atoms with E-state index in [1.807, 2.05) is 0 Å². The molecular formula is C43H77N3O17. The quantitative estimate of drug-likeness (QED) is 0.0488. The second-order valence-electron chi connectivity index (χ2n) is 17.4. The van der Waals surface area contributed by atoms with Gasteiger partial charge in [-0.25, -0.2) is 0 Å². The molecule has 63 heavy (non-hydrogen) atoms. The van der Waals surface area contributed by atoms with E-state index < -0.39 is 23.3 Å². The standard InChI is InChI=1S/C20H31N3O10.C13H26O4.C10H20O3/c1-23-11-15(21-22-23)2-3-16(24)10-20(12-31-7-4-17(25)26,13-32-8-5-18(27)28)14-33-9-6-19(29)30;1-13(2,3)4-5-14-6-7-15-8-9-16-10-12-11-17-12;1-10(2,3)4-6-12-8-9-13-7-5-11/h11H,2-10,12-14H2,1H3,(H,25,26)(H,27,28)(H,29,30);12H,4-11H2,1-3H3;5H,4,6-9H2,1-3H3. The van der Waals surface area contributed by atoms with Gasteiger partial charge in [-0.15, -0.1) is 5.10 Å². The summed E-state index contributed by atoms with van der Waals surface area (Å²) in [7, 11) is 1.71. The average Bonchev–Trinajstić information content (AvgIpc) is 3.93. The predicted molar refractivity (Wildman–Crippen MR) is 229 cm³/mol. The molecule has 3 N–H and O–H groups in total. The second kappa shape index (κ2) is 35.8. The van der Waals surface area contributed by atoms with Crippen LogP contribution < -0.4 is 0 Å². The summed E-state index contributed by atoms with van der Waals surface area (Å²) in [5.74, 6) is -3.30. The first kappa shape index (κ1) is 59.5. The van der Waals surface area contributed by atoms with Crippen molar-refractivity contribution < 1.29 is 81.9 Å². The number of carboxylic acids is 3. The highest BCUT2D eigenvalue weighted by atomic mass is 16.6. The molecule has 0 aliphatic carbocycles. The third kappa shape index (κ3) is 42.3. The zero-order chi connectivity index (χ0) is 47.4. The van der Waals surface area contributed by atoms with Crippen LogP contribution in [-0.4, -0.2) is 179 Å². The number of ketones is 1. The Morgan fingerprint density at radius 1 is 0.667 bits per heavy atom. The van der Waals surface area contributed by atoms with Crippen LogP contribution in [0, 0.1) is 16.2 Å². The van der Waals surface area contributed by atoms with E-state index in [0.717, 1.165) is 38.9 Å². The van der Waals surface area contributed by atoms with Crippen LogP contribution in [0.25, 0.3) is 0 Å². The van der Waals surface area contributed by atoms with E-state index in [2.05, 4.69) is 51.9 Å². The van der Waals surface area contributed by atoms with E-state index in [4.69, 9.17) is 58.0 Å². The van der Waals surface area contributed by atoms with Crippen molar-refractivity contribution in [1.82, 2.24) is 15.0 Å². The molecule has 0 saturated carbocycles. The van der Waals surface area contributed by atoms with Gasteiger partial charge in [-0.1, -0.05) is 46.8 Å². The van der Waals surface area contributed by atoms with Gasteiger partial charge in [0.05, 0.1) is 117 Å². The van der Waals surface area contributed by atoms with Crippen LogP contribution in [-0.2, 0) is 80.1 Å². The molecule has 366 valence electrons. The van der Waals surface area contributed by atoms with Gasteiger partial charge in [-0.3, -0.25) is 23.9 Å². The molecule has 1 aliphatic heterocycles. The van der Waals surface area contributed by atoms with Crippen molar-refractivity contribution in [1.29, 1.82) is 0 Å². The van der Waals surface area contributed by atoms with E-state index in [1.54, 1.807) is 13.2 Å². The number of aldehydes is 1. The van der Waals surface area contributed by atoms with Gasteiger partial charge in [0, 0.05) is 44.7 Å². The first-order valence-electron chi connectivity index (χ1n) is 21.5. The third-order valence-corrected chi connectivity index (χ3v) is 8.49. The summed E-state index contributed by atoms with van der Waals surface area (Å²) in [5, 5.41) is 34.2. The van der Waals surface area contributed by atoms with Gasteiger partial charge in [0.1, 0.15) is 24.8 Å². The molecule has 0 amide bonds. The molecule has 1 saturated heterocycles. The van der Waals surface area contributed by atoms with Gasteiger partial charge in [-0.05, 0) is 30.1 Å². The van der Waals surface area contributed by atoms with Crippen molar-refractivity contribution in [3.63, 3.8) is 0 Å². The first-order chi connectivity index (χ1) is 29.8. The van der Waals surface area contributed by atoms with E-state index >= 15 is 0 Å². The largest absolute Gasteiger partial charge is 0.481 e. The zero-order valence-electron chi connectivity index (χ0n) is 38.8. The number of carbonyl (C=O) groups excluding carboxylic acids is 2. The summed E-state index contributed by atoms with van der Waals surface area (Å²) in [6, 6.07) is 0. The highest BCUT2D eigenvalue weighted by molar-refractivity contribution is 5.79. The second-order valence-corrected chi connectivity index (χ2v) is 17.4. The Kier molecular flexibility index (Phi) is 33.9. The lowest BCUT2D eigenvalue weighted by molar-refractivity contribution is -0.142. The molecule has 1 aliphatic rings. The summed E-state index contributed by atoms with van der Waals surface area (Å²) in [5.41, 5.74) is 0.266. The minimum atomic E-state index is -1.05. The third-order valence-electron chi connectivity index (χ3n) is 8.49. The van der Waals surface area contributed by atoms with Crippen LogP contribution >= 0.6 is 0 Å². The van der Waals surface area contributed by atoms with Crippen LogP contribution in [0.1, 0.15) is 92.2 Å². The molecule has 20 heteroatoms. The molecule has 1 aromatic heterocycles. The smallest absolute Gasteiger partial charge is 0.305 e. The maximum absolute atomic E-state index is 12.8. The van der Waals surface area contributed by atoms with Gasteiger partial charge in [0.15, 0.2) is 0 Å². The molecule has 0 spiro atoms. The van der Waals surface area contributed by atoms with Crippen molar-refractivity contribution in [2.24, 2.45) is 23.3 Å². The fraction of sp³-hybridized carbons (Fsp3) is 0.837. The van der Waals surface area contributed by atoms with E-state index in [1.165, 1.54) is 4.68 Å². The lowest BCUT2D eigenvalue weighted by Gasteiger charge is -2.32. The number of ether oxygens (including phenoxy) is 9. The monoisotopic (exact) mass is 908 g/mol. The normalized spacial score (nSPS) is 13.7. The number of aryl methyl sites for hydroxylation is 2. The van der Waals surface area contributed by atoms with Gasteiger partial charge in [0.2, 0.25) is 0 Å². The van der Waals surface area contributed by atoms with Crippen LogP contribution in [0.5, 0.6) is 0 Å². The van der Waals surface area contributed by atoms with Crippen LogP contribution in [0.15, 0.2) is 6.20 Å². The highest BCUT2D eigenvalue weighted by Gasteiger charge is 2.35. The fourth-order valence-corrected chi connectivity index (χ4v) is 4.83.